The number of ether oxygens (including phenoxy) is 1. The summed E-state index contributed by atoms with van der Waals surface area (Å²) in [5.74, 6) is -0.137. The summed E-state index contributed by atoms with van der Waals surface area (Å²) in [6.45, 7) is 5.85. The maximum Gasteiger partial charge on any atom is 0.282 e. The number of aryl methyl sites for hydroxylation is 3. The zero-order valence-corrected chi connectivity index (χ0v) is 19.1. The number of hydrogen-bond donors (Lipinski definition) is 1. The molecule has 3 aromatic rings. The van der Waals surface area contributed by atoms with Gasteiger partial charge in [0.2, 0.25) is 0 Å². The Kier molecular flexibility index (Phi) is 5.76. The Bertz CT molecular complexity index is 1260. The molecule has 0 saturated heterocycles. The summed E-state index contributed by atoms with van der Waals surface area (Å²) in [6, 6.07) is 18.0. The van der Waals surface area contributed by atoms with Crippen LogP contribution in [0.3, 0.4) is 0 Å². The highest BCUT2D eigenvalue weighted by atomic mass is 35.5. The van der Waals surface area contributed by atoms with Crippen molar-refractivity contribution < 1.29 is 14.3 Å². The van der Waals surface area contributed by atoms with Gasteiger partial charge in [0.15, 0.2) is 0 Å². The fraction of sp³-hybridized carbons (Fsp3) is 0.154. The van der Waals surface area contributed by atoms with Crippen LogP contribution in [0, 0.1) is 20.8 Å². The molecule has 162 valence electrons. The maximum absolute atomic E-state index is 13.6. The van der Waals surface area contributed by atoms with Crippen molar-refractivity contribution in [2.24, 2.45) is 0 Å². The van der Waals surface area contributed by atoms with E-state index in [1.54, 1.807) is 49.6 Å². The molecule has 0 bridgehead atoms. The van der Waals surface area contributed by atoms with Gasteiger partial charge in [-0.25, -0.2) is 4.90 Å². The molecule has 32 heavy (non-hydrogen) atoms. The lowest BCUT2D eigenvalue weighted by Crippen LogP contribution is -2.33. The number of anilines is 2. The van der Waals surface area contributed by atoms with Gasteiger partial charge in [-0.05, 0) is 85.5 Å². The van der Waals surface area contributed by atoms with Gasteiger partial charge in [0.1, 0.15) is 11.4 Å². The van der Waals surface area contributed by atoms with Gasteiger partial charge in [0.05, 0.1) is 18.4 Å². The van der Waals surface area contributed by atoms with Crippen molar-refractivity contribution >= 4 is 40.4 Å². The van der Waals surface area contributed by atoms with Crippen molar-refractivity contribution in [2.75, 3.05) is 17.3 Å². The number of halogens is 1. The molecule has 4 rings (SSSR count). The van der Waals surface area contributed by atoms with E-state index in [0.717, 1.165) is 22.4 Å². The Labute approximate surface area is 192 Å². The topological polar surface area (TPSA) is 58.6 Å². The van der Waals surface area contributed by atoms with E-state index in [9.17, 15) is 9.59 Å². The van der Waals surface area contributed by atoms with E-state index in [-0.39, 0.29) is 5.70 Å². The van der Waals surface area contributed by atoms with Crippen LogP contribution in [0.4, 0.5) is 11.4 Å². The number of benzene rings is 3. The van der Waals surface area contributed by atoms with Crippen molar-refractivity contribution in [3.8, 4) is 5.75 Å². The highest BCUT2D eigenvalue weighted by Crippen LogP contribution is 2.36. The minimum absolute atomic E-state index is 0.234. The number of nitrogens with one attached hydrogen (secondary N) is 1. The number of methoxy groups -OCH3 is 1. The Hall–Kier alpha value is -3.57. The fourth-order valence-electron chi connectivity index (χ4n) is 3.72. The largest absolute Gasteiger partial charge is 0.497 e. The second-order valence-electron chi connectivity index (χ2n) is 7.78. The molecule has 0 radical (unpaired) electrons. The third-order valence-electron chi connectivity index (χ3n) is 5.64. The molecule has 0 spiro atoms. The van der Waals surface area contributed by atoms with Crippen LogP contribution in [0.2, 0.25) is 5.02 Å². The molecule has 0 aromatic heterocycles. The summed E-state index contributed by atoms with van der Waals surface area (Å²) < 4.78 is 5.24. The monoisotopic (exact) mass is 446 g/mol. The van der Waals surface area contributed by atoms with Crippen LogP contribution in [-0.4, -0.2) is 18.9 Å². The van der Waals surface area contributed by atoms with Gasteiger partial charge in [-0.3, -0.25) is 9.59 Å². The molecule has 0 unspecified atom stereocenters. The zero-order chi connectivity index (χ0) is 23.0. The Morgan fingerprint density at radius 2 is 1.53 bits per heavy atom. The van der Waals surface area contributed by atoms with E-state index < -0.39 is 11.8 Å². The summed E-state index contributed by atoms with van der Waals surface area (Å²) >= 11 is 6.09. The molecular formula is C26H23ClN2O3. The van der Waals surface area contributed by atoms with Crippen molar-refractivity contribution in [3.05, 3.63) is 93.6 Å². The number of carbonyl (C=O) groups excluding carboxylic acids is 2. The van der Waals surface area contributed by atoms with Crippen molar-refractivity contribution in [1.82, 2.24) is 0 Å². The van der Waals surface area contributed by atoms with Gasteiger partial charge in [0.25, 0.3) is 11.8 Å². The van der Waals surface area contributed by atoms with Crippen LogP contribution in [0.1, 0.15) is 22.3 Å². The predicted molar refractivity (Wildman–Crippen MR) is 128 cm³/mol. The second kappa shape index (κ2) is 8.52. The molecule has 1 aliphatic heterocycles. The smallest absolute Gasteiger partial charge is 0.282 e. The number of amides is 2. The summed E-state index contributed by atoms with van der Waals surface area (Å²) in [6.07, 6.45) is 0. The lowest BCUT2D eigenvalue weighted by atomic mass is 10.0. The summed E-state index contributed by atoms with van der Waals surface area (Å²) in [5.41, 5.74) is 5.39. The van der Waals surface area contributed by atoms with Crippen LogP contribution < -0.4 is 15.0 Å². The Morgan fingerprint density at radius 1 is 0.812 bits per heavy atom. The molecule has 0 saturated carbocycles. The van der Waals surface area contributed by atoms with E-state index in [0.29, 0.717) is 27.6 Å². The summed E-state index contributed by atoms with van der Waals surface area (Å²) in [7, 11) is 1.58. The van der Waals surface area contributed by atoms with Crippen LogP contribution in [0.15, 0.2) is 66.4 Å². The number of nitrogens with zero attached hydrogens (tertiary/aromatic N) is 1. The first-order chi connectivity index (χ1) is 15.3. The van der Waals surface area contributed by atoms with Crippen LogP contribution in [0.25, 0.3) is 5.57 Å². The first-order valence-electron chi connectivity index (χ1n) is 10.2. The molecule has 3 aromatic carbocycles. The lowest BCUT2D eigenvalue weighted by Gasteiger charge is -2.18. The predicted octanol–water partition coefficient (Wildman–Crippen LogP) is 5.67. The molecule has 0 fully saturated rings. The van der Waals surface area contributed by atoms with E-state index in [4.69, 9.17) is 16.3 Å². The highest BCUT2D eigenvalue weighted by molar-refractivity contribution is 6.46. The first-order valence-corrected chi connectivity index (χ1v) is 10.6. The normalized spacial score (nSPS) is 13.7. The van der Waals surface area contributed by atoms with Crippen LogP contribution in [-0.2, 0) is 9.59 Å². The molecule has 2 amide bonds. The van der Waals surface area contributed by atoms with E-state index in [2.05, 4.69) is 5.32 Å². The van der Waals surface area contributed by atoms with Crippen molar-refractivity contribution in [3.63, 3.8) is 0 Å². The lowest BCUT2D eigenvalue weighted by molar-refractivity contribution is -0.120. The average Bonchev–Trinajstić information content (AvgIpc) is 3.00. The molecule has 1 N–H and O–H groups in total. The highest BCUT2D eigenvalue weighted by Gasteiger charge is 2.40. The summed E-state index contributed by atoms with van der Waals surface area (Å²) in [5, 5.41) is 3.75. The van der Waals surface area contributed by atoms with Gasteiger partial charge in [-0.1, -0.05) is 29.8 Å². The fourth-order valence-corrected chi connectivity index (χ4v) is 3.95. The third kappa shape index (κ3) is 3.87. The quantitative estimate of drug-likeness (QED) is 0.513. The minimum Gasteiger partial charge on any atom is -0.497 e. The number of rotatable bonds is 5. The minimum atomic E-state index is -0.413. The summed E-state index contributed by atoms with van der Waals surface area (Å²) in [4.78, 5) is 28.3. The molecular weight excluding hydrogens is 424 g/mol. The van der Waals surface area contributed by atoms with Gasteiger partial charge < -0.3 is 10.1 Å². The number of carbonyl (C=O) groups is 2. The Morgan fingerprint density at radius 3 is 2.16 bits per heavy atom. The van der Waals surface area contributed by atoms with Crippen LogP contribution in [0.5, 0.6) is 5.75 Å². The zero-order valence-electron chi connectivity index (χ0n) is 18.3. The molecule has 6 heteroatoms. The van der Waals surface area contributed by atoms with Crippen molar-refractivity contribution in [1.29, 1.82) is 0 Å². The number of imide groups is 1. The SMILES string of the molecule is COc1ccc(C2=C(Nc3ccc(C)c(C)c3)C(=O)N(c3ccc(Cl)cc3C)C2=O)cc1. The second-order valence-corrected chi connectivity index (χ2v) is 8.22. The molecule has 1 heterocycles. The van der Waals surface area contributed by atoms with Crippen LogP contribution >= 0.6 is 11.6 Å². The van der Waals surface area contributed by atoms with E-state index in [1.807, 2.05) is 39.0 Å². The molecule has 0 atom stereocenters. The van der Waals surface area contributed by atoms with E-state index in [1.165, 1.54) is 4.90 Å². The number of hydrogen-bond acceptors (Lipinski definition) is 4. The Balaban J connectivity index is 1.83. The van der Waals surface area contributed by atoms with Crippen molar-refractivity contribution in [2.45, 2.75) is 20.8 Å². The maximum atomic E-state index is 13.6. The van der Waals surface area contributed by atoms with Gasteiger partial charge in [-0.2, -0.15) is 0 Å². The van der Waals surface area contributed by atoms with E-state index >= 15 is 0 Å². The average molecular weight is 447 g/mol. The third-order valence-corrected chi connectivity index (χ3v) is 5.87. The van der Waals surface area contributed by atoms with Gasteiger partial charge >= 0.3 is 0 Å². The molecule has 5 nitrogen and oxygen atoms in total. The van der Waals surface area contributed by atoms with Gasteiger partial charge in [-0.15, -0.1) is 0 Å². The first kappa shape index (κ1) is 21.7. The molecule has 1 aliphatic rings. The van der Waals surface area contributed by atoms with Gasteiger partial charge in [0, 0.05) is 10.7 Å². The molecule has 0 aliphatic carbocycles. The standard InChI is InChI=1S/C26H23ClN2O3/c1-15-5-9-20(14-16(15)2)28-24-23(18-6-10-21(32-4)11-7-18)25(30)29(26(24)31)22-12-8-19(27)13-17(22)3/h5-14,28H,1-4H3.